The average molecular weight is 569 g/mol. The van der Waals surface area contributed by atoms with Gasteiger partial charge in [-0.15, -0.1) is 0 Å². The third kappa shape index (κ3) is 9.25. The zero-order chi connectivity index (χ0) is 31.6. The Bertz CT molecular complexity index is 1170. The number of carbonyl (C=O) groups is 2. The number of carbonyl (C=O) groups excluding carboxylic acids is 2. The Morgan fingerprint density at radius 2 is 0.738 bits per heavy atom. The van der Waals surface area contributed by atoms with Crippen LogP contribution < -0.4 is 0 Å². The van der Waals surface area contributed by atoms with Crippen LogP contribution in [0.5, 0.6) is 0 Å². The van der Waals surface area contributed by atoms with Crippen molar-refractivity contribution >= 4 is 11.6 Å². The highest BCUT2D eigenvalue weighted by molar-refractivity contribution is 5.96. The largest absolute Gasteiger partial charge is 0.294 e. The maximum absolute atomic E-state index is 12.9. The van der Waals surface area contributed by atoms with Gasteiger partial charge in [0.25, 0.3) is 0 Å². The van der Waals surface area contributed by atoms with Gasteiger partial charge in [0.15, 0.2) is 11.6 Å². The first-order valence-corrected chi connectivity index (χ1v) is 15.7. The lowest BCUT2D eigenvalue weighted by atomic mass is 9.66. The van der Waals surface area contributed by atoms with Crippen molar-refractivity contribution < 1.29 is 9.59 Å². The molecule has 2 fully saturated rings. The minimum atomic E-state index is -0.257. The molecule has 2 aliphatic carbocycles. The van der Waals surface area contributed by atoms with E-state index in [9.17, 15) is 9.59 Å². The van der Waals surface area contributed by atoms with E-state index in [4.69, 9.17) is 0 Å². The van der Waals surface area contributed by atoms with Crippen LogP contribution in [0.4, 0.5) is 0 Å². The number of ketones is 2. The third-order valence-electron chi connectivity index (χ3n) is 10.3. The summed E-state index contributed by atoms with van der Waals surface area (Å²) in [5.74, 6) is 0.489. The zero-order valence-electron chi connectivity index (χ0n) is 28.1. The first-order valence-electron chi connectivity index (χ1n) is 15.7. The quantitative estimate of drug-likeness (QED) is 0.173. The van der Waals surface area contributed by atoms with E-state index in [0.717, 1.165) is 60.8 Å². The van der Waals surface area contributed by atoms with Crippen molar-refractivity contribution in [1.82, 2.24) is 0 Å². The molecule has 0 spiro atoms. The molecule has 0 aromatic heterocycles. The minimum Gasteiger partial charge on any atom is -0.294 e. The highest BCUT2D eigenvalue weighted by Gasteiger charge is 2.49. The Morgan fingerprint density at radius 1 is 0.429 bits per heavy atom. The van der Waals surface area contributed by atoms with Gasteiger partial charge >= 0.3 is 0 Å². The van der Waals surface area contributed by atoms with Crippen LogP contribution >= 0.6 is 0 Å². The number of rotatable bonds is 12. The van der Waals surface area contributed by atoms with Gasteiger partial charge in [0.1, 0.15) is 0 Å². The van der Waals surface area contributed by atoms with Gasteiger partial charge in [-0.25, -0.2) is 0 Å². The van der Waals surface area contributed by atoms with Gasteiger partial charge in [-0.05, 0) is 76.4 Å². The second kappa shape index (κ2) is 14.9. The zero-order valence-corrected chi connectivity index (χ0v) is 28.1. The summed E-state index contributed by atoms with van der Waals surface area (Å²) in [5, 5.41) is 0. The Labute approximate surface area is 257 Å². The molecule has 2 saturated carbocycles. The molecule has 0 bridgehead atoms. The summed E-state index contributed by atoms with van der Waals surface area (Å²) in [4.78, 5) is 25.8. The third-order valence-corrected chi connectivity index (χ3v) is 10.3. The van der Waals surface area contributed by atoms with E-state index in [2.05, 4.69) is 79.7 Å². The molecule has 0 heterocycles. The molecule has 228 valence electrons. The maximum Gasteiger partial charge on any atom is 0.162 e. The standard InChI is InChI=1S/C40H56O2/c1-31(19-13-21-33(3)23-25-35(41)39(9)29-15-27-37(39,5)6)17-11-12-18-32(2)20-14-22-34(4)24-26-36(42)40(10)30-16-28-38(40,7)8/h11-14,17-26H,15-16,27-30H2,1-10H3/b12-11+,19-13+,20-14?,25-23+,26-24?,31-17+,32-18?,33-21+,34-22?/t39-,40-/m0/s1. The van der Waals surface area contributed by atoms with Crippen LogP contribution in [-0.2, 0) is 9.59 Å². The Balaban J connectivity index is 1.85. The Hall–Kier alpha value is -3.00. The molecule has 0 aromatic rings. The molecule has 2 aliphatic rings. The maximum atomic E-state index is 12.9. The SMILES string of the molecule is CC(C=CC(=O)[C@]1(C)CCCC1(C)C)=CC=CC(C)=C/C=C/C=C(C)/C=C/C=C(C)/C=C/C(=O)[C@]1(C)CCCC1(C)C. The second-order valence-electron chi connectivity index (χ2n) is 14.3. The Morgan fingerprint density at radius 3 is 1.05 bits per heavy atom. The van der Waals surface area contributed by atoms with Crippen molar-refractivity contribution in [3.63, 3.8) is 0 Å². The van der Waals surface area contributed by atoms with E-state index < -0.39 is 0 Å². The summed E-state index contributed by atoms with van der Waals surface area (Å²) < 4.78 is 0. The minimum absolute atomic E-state index is 0.0620. The lowest BCUT2D eigenvalue weighted by molar-refractivity contribution is -0.128. The van der Waals surface area contributed by atoms with E-state index in [-0.39, 0.29) is 33.2 Å². The van der Waals surface area contributed by atoms with E-state index in [1.54, 1.807) is 12.2 Å². The van der Waals surface area contributed by atoms with Crippen LogP contribution in [0.2, 0.25) is 0 Å². The number of hydrogen-bond acceptors (Lipinski definition) is 2. The predicted octanol–water partition coefficient (Wildman–Crippen LogP) is 11.1. The summed E-state index contributed by atoms with van der Waals surface area (Å²) >= 11 is 0. The molecule has 2 atom stereocenters. The molecule has 0 aliphatic heterocycles. The van der Waals surface area contributed by atoms with Crippen molar-refractivity contribution in [3.8, 4) is 0 Å². The van der Waals surface area contributed by atoms with Gasteiger partial charge in [0, 0.05) is 10.8 Å². The van der Waals surface area contributed by atoms with Crippen molar-refractivity contribution in [2.45, 2.75) is 108 Å². The first kappa shape index (κ1) is 35.2. The van der Waals surface area contributed by atoms with Crippen LogP contribution in [0, 0.1) is 21.7 Å². The highest BCUT2D eigenvalue weighted by Crippen LogP contribution is 2.54. The normalized spacial score (nSPS) is 27.6. The van der Waals surface area contributed by atoms with Gasteiger partial charge in [-0.3, -0.25) is 9.59 Å². The molecule has 0 amide bonds. The molecule has 0 saturated heterocycles. The molecule has 42 heavy (non-hydrogen) atoms. The van der Waals surface area contributed by atoms with Gasteiger partial charge in [-0.1, -0.05) is 150 Å². The summed E-state index contributed by atoms with van der Waals surface area (Å²) in [6, 6.07) is 0. The molecule has 2 heteroatoms. The fourth-order valence-electron chi connectivity index (χ4n) is 6.03. The molecule has 0 unspecified atom stereocenters. The van der Waals surface area contributed by atoms with Crippen LogP contribution in [0.15, 0.2) is 107 Å². The topological polar surface area (TPSA) is 34.1 Å². The van der Waals surface area contributed by atoms with E-state index in [0.29, 0.717) is 0 Å². The van der Waals surface area contributed by atoms with Gasteiger partial charge < -0.3 is 0 Å². The van der Waals surface area contributed by atoms with E-state index in [1.165, 1.54) is 0 Å². The summed E-state index contributed by atoms with van der Waals surface area (Å²) in [6.07, 6.45) is 34.4. The molecular formula is C40H56O2. The monoisotopic (exact) mass is 568 g/mol. The molecule has 0 N–H and O–H groups in total. The highest BCUT2D eigenvalue weighted by atomic mass is 16.1. The van der Waals surface area contributed by atoms with Crippen LogP contribution in [0.1, 0.15) is 108 Å². The lowest BCUT2D eigenvalue weighted by Crippen LogP contribution is -2.36. The van der Waals surface area contributed by atoms with Crippen LogP contribution in [-0.4, -0.2) is 11.6 Å². The molecule has 2 rings (SSSR count). The van der Waals surface area contributed by atoms with Crippen LogP contribution in [0.3, 0.4) is 0 Å². The van der Waals surface area contributed by atoms with Crippen molar-refractivity contribution in [2.24, 2.45) is 21.7 Å². The van der Waals surface area contributed by atoms with Gasteiger partial charge in [-0.2, -0.15) is 0 Å². The van der Waals surface area contributed by atoms with Crippen molar-refractivity contribution in [3.05, 3.63) is 107 Å². The fraction of sp³-hybridized carbons (Fsp3) is 0.500. The molecule has 0 aromatic carbocycles. The molecule has 2 nitrogen and oxygen atoms in total. The van der Waals surface area contributed by atoms with E-state index >= 15 is 0 Å². The number of allylic oxidation sites excluding steroid dienone is 18. The smallest absolute Gasteiger partial charge is 0.162 e. The lowest BCUT2D eigenvalue weighted by Gasteiger charge is -2.36. The second-order valence-corrected chi connectivity index (χ2v) is 14.3. The van der Waals surface area contributed by atoms with Crippen molar-refractivity contribution in [2.75, 3.05) is 0 Å². The van der Waals surface area contributed by atoms with Gasteiger partial charge in [0.2, 0.25) is 0 Å². The number of hydrogen-bond donors (Lipinski definition) is 0. The van der Waals surface area contributed by atoms with Crippen molar-refractivity contribution in [1.29, 1.82) is 0 Å². The van der Waals surface area contributed by atoms with Crippen LogP contribution in [0.25, 0.3) is 0 Å². The summed E-state index contributed by atoms with van der Waals surface area (Å²) in [6.45, 7) is 21.3. The van der Waals surface area contributed by atoms with Gasteiger partial charge in [0.05, 0.1) is 0 Å². The fourth-order valence-corrected chi connectivity index (χ4v) is 6.03. The molecular weight excluding hydrogens is 512 g/mol. The molecule has 0 radical (unpaired) electrons. The summed E-state index contributed by atoms with van der Waals surface area (Å²) in [5.41, 5.74) is 4.02. The predicted molar refractivity (Wildman–Crippen MR) is 182 cm³/mol. The summed E-state index contributed by atoms with van der Waals surface area (Å²) in [7, 11) is 0. The average Bonchev–Trinajstić information content (AvgIpc) is 3.36. The first-order chi connectivity index (χ1) is 19.5. The van der Waals surface area contributed by atoms with E-state index in [1.807, 2.05) is 62.5 Å². The Kier molecular flexibility index (Phi) is 12.5.